The number of hydrogen-bond acceptors (Lipinski definition) is 3. The first-order valence-corrected chi connectivity index (χ1v) is 10.1. The maximum atomic E-state index is 8.74. The molecule has 138 valence electrons. The molecule has 2 N–H and O–H groups in total. The Balaban J connectivity index is -0.000000578. The van der Waals surface area contributed by atoms with E-state index in [2.05, 4.69) is 13.8 Å². The summed E-state index contributed by atoms with van der Waals surface area (Å²) in [5, 5.41) is 0. The molecule has 0 unspecified atom stereocenters. The fraction of sp³-hybridized carbons (Fsp3) is 1.00. The molecule has 0 saturated heterocycles. The fourth-order valence-electron chi connectivity index (χ4n) is 2.07. The molecule has 0 aromatic carbocycles. The zero-order valence-electron chi connectivity index (χ0n) is 14.4. The van der Waals surface area contributed by atoms with Gasteiger partial charge in [0.15, 0.2) is 0 Å². The predicted molar refractivity (Wildman–Crippen MR) is 98.9 cm³/mol. The van der Waals surface area contributed by atoms with E-state index >= 15 is 0 Å². The van der Waals surface area contributed by atoms with Crippen molar-refractivity contribution in [1.29, 1.82) is 0 Å². The van der Waals surface area contributed by atoms with Gasteiger partial charge in [0, 0.05) is 13.2 Å². The zero-order chi connectivity index (χ0) is 17.1. The molecular formula is C16H37NaO5S. The molecule has 0 fully saturated rings. The van der Waals surface area contributed by atoms with Crippen molar-refractivity contribution in [3.8, 4) is 0 Å². The van der Waals surface area contributed by atoms with Gasteiger partial charge in [0.05, 0.1) is 0 Å². The average Bonchev–Trinajstić information content (AvgIpc) is 2.42. The molecule has 0 heterocycles. The first-order valence-electron chi connectivity index (χ1n) is 8.69. The van der Waals surface area contributed by atoms with Crippen LogP contribution in [0, 0.1) is 0 Å². The van der Waals surface area contributed by atoms with Crippen molar-refractivity contribution in [1.82, 2.24) is 0 Å². The van der Waals surface area contributed by atoms with Crippen LogP contribution in [0.2, 0.25) is 0 Å². The number of rotatable bonds is 14. The van der Waals surface area contributed by atoms with Crippen molar-refractivity contribution >= 4 is 40.0 Å². The summed E-state index contributed by atoms with van der Waals surface area (Å²) in [6, 6.07) is 0. The van der Waals surface area contributed by atoms with Crippen LogP contribution in [0.25, 0.3) is 0 Å². The molecule has 0 rings (SSSR count). The van der Waals surface area contributed by atoms with E-state index in [-0.39, 0.29) is 29.6 Å². The molecule has 0 aliphatic rings. The van der Waals surface area contributed by atoms with Crippen LogP contribution in [-0.2, 0) is 15.1 Å². The van der Waals surface area contributed by atoms with Crippen molar-refractivity contribution in [3.05, 3.63) is 0 Å². The second kappa shape index (κ2) is 22.8. The summed E-state index contributed by atoms with van der Waals surface area (Å²) in [7, 11) is -4.67. The van der Waals surface area contributed by atoms with Crippen LogP contribution in [0.4, 0.5) is 0 Å². The van der Waals surface area contributed by atoms with Crippen LogP contribution in [0.3, 0.4) is 0 Å². The average molecular weight is 365 g/mol. The summed E-state index contributed by atoms with van der Waals surface area (Å²) in [5.41, 5.74) is 0. The quantitative estimate of drug-likeness (QED) is 0.271. The standard InChI is InChI=1S/C16H34O.Na.H2O4S.H/c1-3-5-7-9-11-13-15-17-16-14-12-10-8-6-4-2;;1-5(2,3)4;/h3-16H2,1-2H3;;(H2,1,2,3,4);. The van der Waals surface area contributed by atoms with Crippen LogP contribution < -0.4 is 0 Å². The molecule has 0 atom stereocenters. The Morgan fingerprint density at radius 3 is 1.22 bits per heavy atom. The second-order valence-corrected chi connectivity index (χ2v) is 6.49. The van der Waals surface area contributed by atoms with E-state index in [9.17, 15) is 0 Å². The van der Waals surface area contributed by atoms with Gasteiger partial charge in [-0.3, -0.25) is 9.11 Å². The van der Waals surface area contributed by atoms with Crippen molar-refractivity contribution in [3.63, 3.8) is 0 Å². The molecule has 0 aliphatic carbocycles. The van der Waals surface area contributed by atoms with Crippen molar-refractivity contribution in [2.24, 2.45) is 0 Å². The second-order valence-electron chi connectivity index (χ2n) is 5.60. The van der Waals surface area contributed by atoms with Gasteiger partial charge < -0.3 is 4.74 Å². The van der Waals surface area contributed by atoms with Crippen molar-refractivity contribution in [2.45, 2.75) is 90.9 Å². The third-order valence-corrected chi connectivity index (χ3v) is 3.28. The van der Waals surface area contributed by atoms with Gasteiger partial charge in [0.2, 0.25) is 0 Å². The third kappa shape index (κ3) is 45.0. The SMILES string of the molecule is CCCCCCCCOCCCCCCCC.O=S(=O)(O)O.[NaH]. The molecule has 0 spiro atoms. The molecular weight excluding hydrogens is 327 g/mol. The van der Waals surface area contributed by atoms with Crippen molar-refractivity contribution < 1.29 is 22.3 Å². The van der Waals surface area contributed by atoms with Gasteiger partial charge in [0.25, 0.3) is 0 Å². The van der Waals surface area contributed by atoms with Crippen LogP contribution in [-0.4, -0.2) is 60.3 Å². The van der Waals surface area contributed by atoms with Gasteiger partial charge in [-0.1, -0.05) is 78.1 Å². The van der Waals surface area contributed by atoms with Gasteiger partial charge in [-0.15, -0.1) is 0 Å². The van der Waals surface area contributed by atoms with Crippen LogP contribution in [0.5, 0.6) is 0 Å². The molecule has 0 aliphatic heterocycles. The molecule has 7 heteroatoms. The molecule has 0 amide bonds. The number of hydrogen-bond donors (Lipinski definition) is 2. The van der Waals surface area contributed by atoms with Gasteiger partial charge in [-0.25, -0.2) is 0 Å². The number of unbranched alkanes of at least 4 members (excludes halogenated alkanes) is 10. The van der Waals surface area contributed by atoms with Gasteiger partial charge in [-0.2, -0.15) is 8.42 Å². The molecule has 0 radical (unpaired) electrons. The number of ether oxygens (including phenoxy) is 1. The fourth-order valence-corrected chi connectivity index (χ4v) is 2.07. The Morgan fingerprint density at radius 2 is 0.913 bits per heavy atom. The topological polar surface area (TPSA) is 83.8 Å². The summed E-state index contributed by atoms with van der Waals surface area (Å²) in [6.45, 7) is 6.51. The van der Waals surface area contributed by atoms with E-state index in [0.717, 1.165) is 13.2 Å². The minimum absolute atomic E-state index is 0. The zero-order valence-corrected chi connectivity index (χ0v) is 15.2. The Morgan fingerprint density at radius 1 is 0.652 bits per heavy atom. The van der Waals surface area contributed by atoms with E-state index in [1.807, 2.05) is 0 Å². The van der Waals surface area contributed by atoms with Gasteiger partial charge in [0.1, 0.15) is 0 Å². The summed E-state index contributed by atoms with van der Waals surface area (Å²) in [4.78, 5) is 0. The Hall–Kier alpha value is 0.830. The normalized spacial score (nSPS) is 10.6. The minimum atomic E-state index is -4.67. The first-order chi connectivity index (χ1) is 10.4. The third-order valence-electron chi connectivity index (χ3n) is 3.28. The Bertz CT molecular complexity index is 275. The van der Waals surface area contributed by atoms with E-state index in [4.69, 9.17) is 22.3 Å². The predicted octanol–water partition coefficient (Wildman–Crippen LogP) is 4.42. The molecule has 0 saturated carbocycles. The summed E-state index contributed by atoms with van der Waals surface area (Å²) in [6.07, 6.45) is 16.3. The van der Waals surface area contributed by atoms with E-state index in [0.29, 0.717) is 0 Å². The van der Waals surface area contributed by atoms with Crippen molar-refractivity contribution in [2.75, 3.05) is 13.2 Å². The maximum absolute atomic E-state index is 8.74. The van der Waals surface area contributed by atoms with Crippen LogP contribution in [0.15, 0.2) is 0 Å². The molecule has 23 heavy (non-hydrogen) atoms. The van der Waals surface area contributed by atoms with E-state index in [1.165, 1.54) is 77.0 Å². The molecule has 0 bridgehead atoms. The summed E-state index contributed by atoms with van der Waals surface area (Å²) >= 11 is 0. The summed E-state index contributed by atoms with van der Waals surface area (Å²) < 4.78 is 37.2. The molecule has 0 aromatic heterocycles. The Kier molecular flexibility index (Phi) is 28.4. The van der Waals surface area contributed by atoms with Gasteiger partial charge in [-0.05, 0) is 12.8 Å². The van der Waals surface area contributed by atoms with E-state index < -0.39 is 10.4 Å². The monoisotopic (exact) mass is 364 g/mol. The van der Waals surface area contributed by atoms with Crippen LogP contribution in [0.1, 0.15) is 90.9 Å². The van der Waals surface area contributed by atoms with E-state index in [1.54, 1.807) is 0 Å². The first kappa shape index (κ1) is 28.6. The van der Waals surface area contributed by atoms with Gasteiger partial charge >= 0.3 is 40.0 Å². The summed E-state index contributed by atoms with van der Waals surface area (Å²) in [5.74, 6) is 0. The van der Waals surface area contributed by atoms with Crippen LogP contribution >= 0.6 is 0 Å². The molecule has 0 aromatic rings. The molecule has 5 nitrogen and oxygen atoms in total. The Labute approximate surface area is 165 Å².